The number of halogens is 2. The van der Waals surface area contributed by atoms with Crippen molar-refractivity contribution in [1.82, 2.24) is 10.2 Å². The second kappa shape index (κ2) is 4.62. The zero-order valence-electron chi connectivity index (χ0n) is 9.57. The molecular formula is C12H15Cl2N3. The Labute approximate surface area is 111 Å². The van der Waals surface area contributed by atoms with E-state index in [2.05, 4.69) is 15.1 Å². The van der Waals surface area contributed by atoms with Crippen LogP contribution in [0.5, 0.6) is 0 Å². The van der Waals surface area contributed by atoms with E-state index in [9.17, 15) is 0 Å². The second-order valence-corrected chi connectivity index (χ2v) is 5.68. The Bertz CT molecular complexity index is 424. The van der Waals surface area contributed by atoms with Crippen LogP contribution in [0.2, 0.25) is 10.3 Å². The van der Waals surface area contributed by atoms with E-state index in [1.807, 2.05) is 6.07 Å². The number of anilines is 1. The highest BCUT2D eigenvalue weighted by molar-refractivity contribution is 6.33. The molecule has 0 radical (unpaired) electrons. The second-order valence-electron chi connectivity index (χ2n) is 4.94. The molecule has 17 heavy (non-hydrogen) atoms. The van der Waals surface area contributed by atoms with Crippen LogP contribution in [-0.4, -0.2) is 22.8 Å². The Balaban J connectivity index is 1.94. The van der Waals surface area contributed by atoms with Gasteiger partial charge >= 0.3 is 0 Å². The highest BCUT2D eigenvalue weighted by Crippen LogP contribution is 2.40. The van der Waals surface area contributed by atoms with E-state index in [0.717, 1.165) is 18.2 Å². The monoisotopic (exact) mass is 271 g/mol. The highest BCUT2D eigenvalue weighted by atomic mass is 35.5. The minimum absolute atomic E-state index is 0.421. The van der Waals surface area contributed by atoms with Crippen LogP contribution in [-0.2, 0) is 0 Å². The summed E-state index contributed by atoms with van der Waals surface area (Å²) < 4.78 is 0. The molecule has 2 unspecified atom stereocenters. The SMILES string of the molecule is Clc1cc(N2CCCC3CCCC32)c(Cl)nn1. The lowest BCUT2D eigenvalue weighted by Gasteiger charge is -2.39. The lowest BCUT2D eigenvalue weighted by Crippen LogP contribution is -2.42. The van der Waals surface area contributed by atoms with Crippen LogP contribution in [0.1, 0.15) is 32.1 Å². The van der Waals surface area contributed by atoms with Gasteiger partial charge in [0.05, 0.1) is 5.69 Å². The molecule has 1 aromatic heterocycles. The molecule has 2 heterocycles. The Morgan fingerprint density at radius 2 is 1.94 bits per heavy atom. The number of hydrogen-bond donors (Lipinski definition) is 0. The van der Waals surface area contributed by atoms with Crippen molar-refractivity contribution < 1.29 is 0 Å². The van der Waals surface area contributed by atoms with Gasteiger partial charge in [0.25, 0.3) is 0 Å². The van der Waals surface area contributed by atoms with Crippen molar-refractivity contribution in [2.24, 2.45) is 5.92 Å². The van der Waals surface area contributed by atoms with E-state index >= 15 is 0 Å². The predicted molar refractivity (Wildman–Crippen MR) is 69.8 cm³/mol. The largest absolute Gasteiger partial charge is 0.366 e. The third-order valence-corrected chi connectivity index (χ3v) is 4.46. The van der Waals surface area contributed by atoms with E-state index in [1.54, 1.807) is 0 Å². The minimum atomic E-state index is 0.421. The Morgan fingerprint density at radius 1 is 1.12 bits per heavy atom. The van der Waals surface area contributed by atoms with Crippen molar-refractivity contribution in [2.75, 3.05) is 11.4 Å². The van der Waals surface area contributed by atoms with Gasteiger partial charge in [0.2, 0.25) is 0 Å². The lowest BCUT2D eigenvalue weighted by atomic mass is 9.92. The van der Waals surface area contributed by atoms with Crippen LogP contribution < -0.4 is 4.90 Å². The van der Waals surface area contributed by atoms with Gasteiger partial charge in [-0.25, -0.2) is 0 Å². The molecule has 2 atom stereocenters. The quantitative estimate of drug-likeness (QED) is 0.782. The van der Waals surface area contributed by atoms with Gasteiger partial charge in [0.1, 0.15) is 0 Å². The molecule has 1 aliphatic carbocycles. The first-order chi connectivity index (χ1) is 8.25. The Kier molecular flexibility index (Phi) is 3.14. The molecule has 0 bridgehead atoms. The molecule has 1 saturated carbocycles. The smallest absolute Gasteiger partial charge is 0.175 e. The molecule has 2 fully saturated rings. The summed E-state index contributed by atoms with van der Waals surface area (Å²) in [6.45, 7) is 1.06. The summed E-state index contributed by atoms with van der Waals surface area (Å²) in [4.78, 5) is 2.39. The van der Waals surface area contributed by atoms with Crippen LogP contribution in [0.4, 0.5) is 5.69 Å². The summed E-state index contributed by atoms with van der Waals surface area (Å²) in [5.41, 5.74) is 0.961. The maximum absolute atomic E-state index is 6.15. The molecule has 0 spiro atoms. The van der Waals surface area contributed by atoms with Gasteiger partial charge < -0.3 is 4.90 Å². The molecule has 0 N–H and O–H groups in total. The van der Waals surface area contributed by atoms with Gasteiger partial charge in [-0.05, 0) is 31.6 Å². The maximum atomic E-state index is 6.15. The first-order valence-corrected chi connectivity index (χ1v) is 6.96. The van der Waals surface area contributed by atoms with Crippen molar-refractivity contribution in [3.05, 3.63) is 16.4 Å². The van der Waals surface area contributed by atoms with Crippen LogP contribution in [0.3, 0.4) is 0 Å². The first-order valence-electron chi connectivity index (χ1n) is 6.21. The third-order valence-electron chi connectivity index (χ3n) is 4.00. The molecule has 2 aliphatic rings. The van der Waals surface area contributed by atoms with Crippen LogP contribution in [0, 0.1) is 5.92 Å². The van der Waals surface area contributed by atoms with E-state index in [-0.39, 0.29) is 0 Å². The van der Waals surface area contributed by atoms with Gasteiger partial charge in [-0.1, -0.05) is 29.6 Å². The normalized spacial score (nSPS) is 28.2. The number of rotatable bonds is 1. The van der Waals surface area contributed by atoms with Crippen molar-refractivity contribution in [3.63, 3.8) is 0 Å². The minimum Gasteiger partial charge on any atom is -0.366 e. The van der Waals surface area contributed by atoms with Crippen molar-refractivity contribution in [3.8, 4) is 0 Å². The van der Waals surface area contributed by atoms with Crippen LogP contribution >= 0.6 is 23.2 Å². The number of piperidine rings is 1. The van der Waals surface area contributed by atoms with Gasteiger partial charge in [-0.2, -0.15) is 0 Å². The van der Waals surface area contributed by atoms with Crippen molar-refractivity contribution in [1.29, 1.82) is 0 Å². The molecule has 92 valence electrons. The molecule has 1 aromatic rings. The standard InChI is InChI=1S/C12H15Cl2N3/c13-11-7-10(12(14)16-15-11)17-6-2-4-8-3-1-5-9(8)17/h7-9H,1-6H2. The van der Waals surface area contributed by atoms with Crippen molar-refractivity contribution in [2.45, 2.75) is 38.1 Å². The van der Waals surface area contributed by atoms with Gasteiger partial charge in [-0.3, -0.25) is 0 Å². The lowest BCUT2D eigenvalue weighted by molar-refractivity contribution is 0.362. The molecule has 1 aliphatic heterocycles. The van der Waals surface area contributed by atoms with E-state index in [4.69, 9.17) is 23.2 Å². The molecule has 0 amide bonds. The number of nitrogens with zero attached hydrogens (tertiary/aromatic N) is 3. The molecule has 3 nitrogen and oxygen atoms in total. The average Bonchev–Trinajstić information content (AvgIpc) is 2.80. The molecule has 3 rings (SSSR count). The molecule has 5 heteroatoms. The van der Waals surface area contributed by atoms with E-state index < -0.39 is 0 Å². The van der Waals surface area contributed by atoms with Gasteiger partial charge in [0.15, 0.2) is 10.3 Å². The fourth-order valence-electron chi connectivity index (χ4n) is 3.30. The maximum Gasteiger partial charge on any atom is 0.175 e. The van der Waals surface area contributed by atoms with E-state index in [0.29, 0.717) is 16.3 Å². The summed E-state index contributed by atoms with van der Waals surface area (Å²) >= 11 is 12.1. The Hall–Kier alpha value is -0.540. The zero-order valence-corrected chi connectivity index (χ0v) is 11.1. The van der Waals surface area contributed by atoms with Gasteiger partial charge in [0, 0.05) is 18.7 Å². The van der Waals surface area contributed by atoms with E-state index in [1.165, 1.54) is 32.1 Å². The summed E-state index contributed by atoms with van der Waals surface area (Å²) in [5, 5.41) is 8.58. The summed E-state index contributed by atoms with van der Waals surface area (Å²) in [6.07, 6.45) is 6.53. The number of aromatic nitrogens is 2. The number of fused-ring (bicyclic) bond motifs is 1. The molecule has 1 saturated heterocycles. The third kappa shape index (κ3) is 2.11. The zero-order chi connectivity index (χ0) is 11.8. The summed E-state index contributed by atoms with van der Waals surface area (Å²) in [5.74, 6) is 0.826. The summed E-state index contributed by atoms with van der Waals surface area (Å²) in [6, 6.07) is 2.47. The van der Waals surface area contributed by atoms with Crippen LogP contribution in [0.25, 0.3) is 0 Å². The van der Waals surface area contributed by atoms with Gasteiger partial charge in [-0.15, -0.1) is 10.2 Å². The fourth-order valence-corrected chi connectivity index (χ4v) is 3.64. The number of hydrogen-bond acceptors (Lipinski definition) is 3. The molecular weight excluding hydrogens is 257 g/mol. The predicted octanol–water partition coefficient (Wildman–Crippen LogP) is 3.55. The highest BCUT2D eigenvalue weighted by Gasteiger charge is 2.36. The topological polar surface area (TPSA) is 29.0 Å². The Morgan fingerprint density at radius 3 is 2.82 bits per heavy atom. The average molecular weight is 272 g/mol. The first kappa shape index (κ1) is 11.5. The summed E-state index contributed by atoms with van der Waals surface area (Å²) in [7, 11) is 0. The van der Waals surface area contributed by atoms with Crippen molar-refractivity contribution >= 4 is 28.9 Å². The fraction of sp³-hybridized carbons (Fsp3) is 0.667. The van der Waals surface area contributed by atoms with Crippen LogP contribution in [0.15, 0.2) is 6.07 Å². The molecule has 0 aromatic carbocycles.